The van der Waals surface area contributed by atoms with E-state index in [9.17, 15) is 26.3 Å². The van der Waals surface area contributed by atoms with Crippen molar-refractivity contribution in [2.24, 2.45) is 0 Å². The monoisotopic (exact) mass is 858 g/mol. The average Bonchev–Trinajstić information content (AvgIpc) is 3.05. The summed E-state index contributed by atoms with van der Waals surface area (Å²) in [4.78, 5) is 0. The van der Waals surface area contributed by atoms with Crippen molar-refractivity contribution in [3.05, 3.63) is 140 Å². The first-order valence-electron chi connectivity index (χ1n) is 14.4. The third kappa shape index (κ3) is 9.23. The molecule has 0 saturated heterocycles. The number of benzene rings is 6. The van der Waals surface area contributed by atoms with E-state index in [0.29, 0.717) is 0 Å². The second-order valence-corrected chi connectivity index (χ2v) is 17.4. The molecular weight excluding hydrogens is 832 g/mol. The number of fused-ring (bicyclic) bond motifs is 3. The first kappa shape index (κ1) is 41.8. The van der Waals surface area contributed by atoms with Crippen molar-refractivity contribution < 1.29 is 72.7 Å². The van der Waals surface area contributed by atoms with Crippen LogP contribution >= 0.6 is 7.26 Å². The van der Waals surface area contributed by atoms with Gasteiger partial charge >= 0.3 is 233 Å². The molecule has 0 amide bonds. The molecule has 6 aromatic rings. The van der Waals surface area contributed by atoms with Gasteiger partial charge in [0, 0.05) is 0 Å². The van der Waals surface area contributed by atoms with Gasteiger partial charge in [0.2, 0.25) is 0 Å². The molecular formula is C35H27F6O6PPdS2. The molecule has 0 N–H and O–H groups in total. The van der Waals surface area contributed by atoms with Gasteiger partial charge in [0.15, 0.2) is 20.2 Å². The van der Waals surface area contributed by atoms with Gasteiger partial charge in [-0.25, -0.2) is 16.8 Å². The Morgan fingerprint density at radius 3 is 0.980 bits per heavy atom. The third-order valence-corrected chi connectivity index (χ3v) is 13.9. The van der Waals surface area contributed by atoms with Crippen molar-refractivity contribution in [2.75, 3.05) is 6.16 Å². The van der Waals surface area contributed by atoms with Gasteiger partial charge in [-0.1, -0.05) is 0 Å². The van der Waals surface area contributed by atoms with Gasteiger partial charge in [-0.3, -0.25) is 0 Å². The first-order valence-corrected chi connectivity index (χ1v) is 19.4. The van der Waals surface area contributed by atoms with Crippen LogP contribution in [0.3, 0.4) is 0 Å². The zero-order valence-electron chi connectivity index (χ0n) is 26.0. The number of hydrogen-bond donors (Lipinski definition) is 0. The third-order valence-electron chi connectivity index (χ3n) is 7.77. The minimum atomic E-state index is -6.09. The number of halogens is 6. The summed E-state index contributed by atoms with van der Waals surface area (Å²) in [5.74, 6) is 0. The van der Waals surface area contributed by atoms with Crippen molar-refractivity contribution in [1.82, 2.24) is 0 Å². The van der Waals surface area contributed by atoms with Gasteiger partial charge in [0.1, 0.15) is 0 Å². The maximum absolute atomic E-state index is 10.7. The van der Waals surface area contributed by atoms with Gasteiger partial charge in [-0.15, -0.1) is 0 Å². The predicted octanol–water partition coefficient (Wildman–Crippen LogP) is 7.46. The number of allylic oxidation sites excluding steroid dienone is 1. The Kier molecular flexibility index (Phi) is 13.4. The smallest absolute Gasteiger partial charge is 0.741 e. The van der Waals surface area contributed by atoms with Crippen LogP contribution in [0.2, 0.25) is 0 Å². The minimum absolute atomic E-state index is 0. The predicted molar refractivity (Wildman–Crippen MR) is 186 cm³/mol. The molecule has 0 aliphatic rings. The molecule has 6 aromatic carbocycles. The Labute approximate surface area is 304 Å². The first-order chi connectivity index (χ1) is 23.3. The summed E-state index contributed by atoms with van der Waals surface area (Å²) >= 11 is 0. The molecule has 51 heavy (non-hydrogen) atoms. The van der Waals surface area contributed by atoms with E-state index in [0.717, 1.165) is 6.16 Å². The van der Waals surface area contributed by atoms with Crippen LogP contribution in [0.15, 0.2) is 140 Å². The normalized spacial score (nSPS) is 12.5. The van der Waals surface area contributed by atoms with Gasteiger partial charge in [0.05, 0.1) is 0 Å². The molecule has 0 aromatic heterocycles. The Morgan fingerprint density at radius 2 is 0.745 bits per heavy atom. The number of rotatable bonds is 5. The van der Waals surface area contributed by atoms with Crippen molar-refractivity contribution in [2.45, 2.75) is 11.0 Å². The molecule has 0 spiro atoms. The van der Waals surface area contributed by atoms with E-state index in [2.05, 4.69) is 140 Å². The molecule has 6 nitrogen and oxygen atoms in total. The maximum Gasteiger partial charge on any atom is 2.00 e. The summed E-state index contributed by atoms with van der Waals surface area (Å²) in [6.45, 7) is 4.30. The van der Waals surface area contributed by atoms with E-state index in [1.165, 1.54) is 48.2 Å². The fourth-order valence-corrected chi connectivity index (χ4v) is 10.9. The van der Waals surface area contributed by atoms with Crippen molar-refractivity contribution in [3.8, 4) is 0 Å². The van der Waals surface area contributed by atoms with E-state index in [1.54, 1.807) is 0 Å². The molecule has 272 valence electrons. The molecule has 0 radical (unpaired) electrons. The molecule has 0 saturated carbocycles. The van der Waals surface area contributed by atoms with Crippen molar-refractivity contribution in [1.29, 1.82) is 0 Å². The van der Waals surface area contributed by atoms with Crippen molar-refractivity contribution in [3.63, 3.8) is 0 Å². The van der Waals surface area contributed by atoms with Gasteiger partial charge in [-0.05, 0) is 0 Å². The SMILES string of the molecule is C=CC[PH](c1cccc2ccccc12)(c1cccc2ccccc12)c1cccc2ccccc12.O=S(=O)([O-])C(F)(F)F.O=S(=O)([O-])C(F)(F)F.[Pd+2]. The Balaban J connectivity index is 0.000000347. The van der Waals surface area contributed by atoms with E-state index >= 15 is 0 Å². The largest absolute Gasteiger partial charge is 2.00 e. The molecule has 16 heteroatoms. The molecule has 0 unspecified atom stereocenters. The summed E-state index contributed by atoms with van der Waals surface area (Å²) in [5.41, 5.74) is -11.3. The van der Waals surface area contributed by atoms with Crippen LogP contribution in [-0.2, 0) is 40.7 Å². The van der Waals surface area contributed by atoms with Crippen molar-refractivity contribution >= 4 is 75.7 Å². The fraction of sp³-hybridized carbons (Fsp3) is 0.0857. The Bertz CT molecular complexity index is 2140. The molecule has 0 aliphatic carbocycles. The fourth-order valence-electron chi connectivity index (χ4n) is 5.77. The summed E-state index contributed by atoms with van der Waals surface area (Å²) < 4.78 is 118. The zero-order chi connectivity index (χ0) is 37.0. The quantitative estimate of drug-likeness (QED) is 0.0445. The van der Waals surface area contributed by atoms with E-state index in [-0.39, 0.29) is 20.4 Å². The van der Waals surface area contributed by atoms with Crippen LogP contribution in [0.1, 0.15) is 0 Å². The molecule has 0 atom stereocenters. The van der Waals surface area contributed by atoms with E-state index < -0.39 is 38.5 Å². The molecule has 0 heterocycles. The summed E-state index contributed by atoms with van der Waals surface area (Å²) in [7, 11) is -14.7. The summed E-state index contributed by atoms with van der Waals surface area (Å²) in [6.07, 6.45) is 3.08. The molecule has 6 rings (SSSR count). The van der Waals surface area contributed by atoms with Gasteiger partial charge < -0.3 is 9.11 Å². The maximum atomic E-state index is 10.7. The van der Waals surface area contributed by atoms with Gasteiger partial charge in [-0.2, -0.15) is 26.3 Å². The van der Waals surface area contributed by atoms with E-state index in [4.69, 9.17) is 25.9 Å². The van der Waals surface area contributed by atoms with Crippen LogP contribution in [0, 0.1) is 0 Å². The average molecular weight is 859 g/mol. The Hall–Kier alpha value is -3.67. The molecule has 0 bridgehead atoms. The second-order valence-electron chi connectivity index (χ2n) is 10.8. The standard InChI is InChI=1S/C33H27P.2CHF3O3S.Pd/c1-2-24-34(31-21-9-15-25-12-3-6-18-28(25)31,32-22-10-16-26-13-4-7-19-29(26)32)33-23-11-17-27-14-5-8-20-30(27)33;2*2-1(3,4)8(5,6)7;/h2-23,34H,1,24H2;2*(H,5,6,7);/q;;;+2/p-2. The van der Waals surface area contributed by atoms with Crippen LogP contribution in [0.4, 0.5) is 26.3 Å². The van der Waals surface area contributed by atoms with E-state index in [1.807, 2.05) is 0 Å². The summed E-state index contributed by atoms with van der Waals surface area (Å²) in [5, 5.41) is 12.3. The summed E-state index contributed by atoms with van der Waals surface area (Å²) in [6, 6.07) is 47.1. The van der Waals surface area contributed by atoms with Crippen LogP contribution in [0.5, 0.6) is 0 Å². The minimum Gasteiger partial charge on any atom is -0.741 e. The van der Waals surface area contributed by atoms with Gasteiger partial charge in [0.25, 0.3) is 0 Å². The zero-order valence-corrected chi connectivity index (χ0v) is 30.2. The second kappa shape index (κ2) is 16.3. The van der Waals surface area contributed by atoms with Crippen LogP contribution in [0.25, 0.3) is 32.3 Å². The number of alkyl halides is 6. The molecule has 0 aliphatic heterocycles. The van der Waals surface area contributed by atoms with Crippen LogP contribution in [-0.4, -0.2) is 43.1 Å². The Morgan fingerprint density at radius 1 is 0.510 bits per heavy atom. The number of hydrogen-bond acceptors (Lipinski definition) is 6. The molecule has 0 fully saturated rings. The van der Waals surface area contributed by atoms with Crippen LogP contribution < -0.4 is 15.9 Å². The topological polar surface area (TPSA) is 114 Å².